The van der Waals surface area contributed by atoms with E-state index in [-0.39, 0.29) is 44.4 Å². The third-order valence-corrected chi connectivity index (χ3v) is 7.43. The van der Waals surface area contributed by atoms with E-state index in [1.165, 1.54) is 24.3 Å². The molecule has 0 aromatic heterocycles. The molecule has 4 N–H and O–H groups in total. The second kappa shape index (κ2) is 11.7. The third-order valence-electron chi connectivity index (χ3n) is 5.11. The lowest BCUT2D eigenvalue weighted by Gasteiger charge is -2.16. The summed E-state index contributed by atoms with van der Waals surface area (Å²) in [6.07, 6.45) is 0. The molecule has 0 aliphatic rings. The van der Waals surface area contributed by atoms with Crippen LogP contribution in [0.15, 0.2) is 94.7 Å². The number of ether oxygens (including phenoxy) is 2. The molecule has 15 heteroatoms. The van der Waals surface area contributed by atoms with Gasteiger partial charge in [-0.15, -0.1) is 0 Å². The lowest BCUT2D eigenvalue weighted by atomic mass is 10.2. The first-order valence-corrected chi connectivity index (χ1v) is 14.6. The first kappa shape index (κ1) is 29.1. The Labute approximate surface area is 238 Å². The Bertz CT molecular complexity index is 1680. The number of hydrogen-bond acceptors (Lipinski definition) is 7. The average Bonchev–Trinajstić information content (AvgIpc) is 2.87. The van der Waals surface area contributed by atoms with Gasteiger partial charge in [-0.3, -0.25) is 9.11 Å². The second-order valence-corrected chi connectivity index (χ2v) is 11.6. The predicted octanol–water partition coefficient (Wildman–Crippen LogP) is 6.72. The quantitative estimate of drug-likeness (QED) is 0.155. The first-order chi connectivity index (χ1) is 18.8. The topological polar surface area (TPSA) is 168 Å². The Morgan fingerprint density at radius 2 is 0.975 bits per heavy atom. The minimum Gasteiger partial charge on any atom is -0.454 e. The number of hydrogen-bond donors (Lipinski definition) is 4. The zero-order chi connectivity index (χ0) is 29.1. The van der Waals surface area contributed by atoms with Crippen molar-refractivity contribution in [2.45, 2.75) is 9.79 Å². The monoisotopic (exact) mass is 624 g/mol. The van der Waals surface area contributed by atoms with Crippen LogP contribution in [0.25, 0.3) is 0 Å². The lowest BCUT2D eigenvalue weighted by molar-refractivity contribution is 0.262. The molecule has 0 saturated heterocycles. The highest BCUT2D eigenvalue weighted by molar-refractivity contribution is 7.86. The van der Waals surface area contributed by atoms with Crippen molar-refractivity contribution in [2.24, 2.45) is 0 Å². The maximum absolute atomic E-state index is 13.0. The molecule has 40 heavy (non-hydrogen) atoms. The molecule has 0 spiro atoms. The number of benzene rings is 4. The summed E-state index contributed by atoms with van der Waals surface area (Å²) in [5.41, 5.74) is -0.404. The standard InChI is InChI=1S/C25H18Cl2N2O9S2/c26-17-5-1-3-7-21(17)37-23-11-9-15(39(31,32)33)13-19(23)28-25(30)29-20-14-16(40(34,35)36)10-12-24(20)38-22-8-4-2-6-18(22)27/h1-14H,(H2,28,29,30)(H,31,32,33)(H,34,35,36). The number of amides is 2. The van der Waals surface area contributed by atoms with Crippen LogP contribution < -0.4 is 20.1 Å². The number of rotatable bonds is 8. The molecule has 0 aliphatic carbocycles. The van der Waals surface area contributed by atoms with Crippen molar-refractivity contribution in [1.29, 1.82) is 0 Å². The zero-order valence-electron chi connectivity index (χ0n) is 19.9. The zero-order valence-corrected chi connectivity index (χ0v) is 23.1. The maximum atomic E-state index is 13.0. The average molecular weight is 625 g/mol. The van der Waals surface area contributed by atoms with Crippen molar-refractivity contribution in [3.63, 3.8) is 0 Å². The third kappa shape index (κ3) is 7.21. The Morgan fingerprint density at radius 3 is 1.32 bits per heavy atom. The molecule has 0 radical (unpaired) electrons. The van der Waals surface area contributed by atoms with Gasteiger partial charge in [-0.25, -0.2) is 4.79 Å². The molecule has 0 aliphatic heterocycles. The summed E-state index contributed by atoms with van der Waals surface area (Å²) in [4.78, 5) is 11.9. The highest BCUT2D eigenvalue weighted by Crippen LogP contribution is 2.37. The molecule has 4 aromatic rings. The number of anilines is 2. The summed E-state index contributed by atoms with van der Waals surface area (Å²) in [5, 5.41) is 5.21. The fraction of sp³-hybridized carbons (Fsp3) is 0. The summed E-state index contributed by atoms with van der Waals surface area (Å²) in [7, 11) is -9.33. The summed E-state index contributed by atoms with van der Waals surface area (Å²) < 4.78 is 77.3. The van der Waals surface area contributed by atoms with Gasteiger partial charge in [0.2, 0.25) is 0 Å². The van der Waals surface area contributed by atoms with Crippen LogP contribution in [0, 0.1) is 0 Å². The second-order valence-electron chi connectivity index (χ2n) is 7.91. The van der Waals surface area contributed by atoms with Crippen LogP contribution in [0.5, 0.6) is 23.0 Å². The van der Waals surface area contributed by atoms with Crippen molar-refractivity contribution in [1.82, 2.24) is 0 Å². The number of carbonyl (C=O) groups excluding carboxylic acids is 1. The Hall–Kier alpha value is -3.85. The van der Waals surface area contributed by atoms with E-state index < -0.39 is 36.1 Å². The molecule has 2 amide bonds. The van der Waals surface area contributed by atoms with Gasteiger partial charge in [0.25, 0.3) is 20.2 Å². The van der Waals surface area contributed by atoms with Crippen LogP contribution >= 0.6 is 23.2 Å². The van der Waals surface area contributed by atoms with E-state index in [0.717, 1.165) is 24.3 Å². The molecular weight excluding hydrogens is 607 g/mol. The van der Waals surface area contributed by atoms with Crippen LogP contribution in [-0.4, -0.2) is 32.0 Å². The molecule has 11 nitrogen and oxygen atoms in total. The molecule has 0 unspecified atom stereocenters. The van der Waals surface area contributed by atoms with Gasteiger partial charge in [-0.05, 0) is 60.7 Å². The SMILES string of the molecule is O=C(Nc1cc(S(=O)(=O)O)ccc1Oc1ccccc1Cl)Nc1cc(S(=O)(=O)O)ccc1Oc1ccccc1Cl. The summed E-state index contributed by atoms with van der Waals surface area (Å²) in [5.74, 6) is 0.275. The number of nitrogens with one attached hydrogen (secondary N) is 2. The van der Waals surface area contributed by atoms with Crippen LogP contribution in [-0.2, 0) is 20.2 Å². The molecular formula is C25H18Cl2N2O9S2. The van der Waals surface area contributed by atoms with Crippen molar-refractivity contribution in [3.8, 4) is 23.0 Å². The Kier molecular flexibility index (Phi) is 8.54. The maximum Gasteiger partial charge on any atom is 0.323 e. The highest BCUT2D eigenvalue weighted by atomic mass is 35.5. The number of carbonyl (C=O) groups is 1. The van der Waals surface area contributed by atoms with Gasteiger partial charge >= 0.3 is 6.03 Å². The molecule has 0 saturated carbocycles. The van der Waals surface area contributed by atoms with Gasteiger partial charge in [-0.2, -0.15) is 16.8 Å². The van der Waals surface area contributed by atoms with Crippen molar-refractivity contribution in [2.75, 3.05) is 10.6 Å². The molecule has 0 fully saturated rings. The highest BCUT2D eigenvalue weighted by Gasteiger charge is 2.20. The van der Waals surface area contributed by atoms with E-state index in [1.807, 2.05) is 0 Å². The number of urea groups is 1. The van der Waals surface area contributed by atoms with Crippen LogP contribution in [0.4, 0.5) is 16.2 Å². The largest absolute Gasteiger partial charge is 0.454 e. The fourth-order valence-electron chi connectivity index (χ4n) is 3.28. The first-order valence-electron chi connectivity index (χ1n) is 11.0. The summed E-state index contributed by atoms with van der Waals surface area (Å²) in [6.45, 7) is 0. The van der Waals surface area contributed by atoms with E-state index in [0.29, 0.717) is 0 Å². The Balaban J connectivity index is 1.69. The van der Waals surface area contributed by atoms with Crippen molar-refractivity contribution < 1.29 is 40.2 Å². The van der Waals surface area contributed by atoms with Crippen molar-refractivity contribution >= 4 is 60.8 Å². The van der Waals surface area contributed by atoms with E-state index in [9.17, 15) is 30.7 Å². The normalized spacial score (nSPS) is 11.5. The molecule has 4 aromatic carbocycles. The van der Waals surface area contributed by atoms with Crippen LogP contribution in [0.1, 0.15) is 0 Å². The van der Waals surface area contributed by atoms with Gasteiger partial charge < -0.3 is 20.1 Å². The van der Waals surface area contributed by atoms with Gasteiger partial charge in [-0.1, -0.05) is 47.5 Å². The van der Waals surface area contributed by atoms with E-state index in [1.54, 1.807) is 36.4 Å². The molecule has 4 rings (SSSR count). The van der Waals surface area contributed by atoms with Gasteiger partial charge in [0.1, 0.15) is 11.5 Å². The van der Waals surface area contributed by atoms with Crippen LogP contribution in [0.3, 0.4) is 0 Å². The predicted molar refractivity (Wildman–Crippen MR) is 148 cm³/mol. The fourth-order valence-corrected chi connectivity index (χ4v) is 4.64. The molecule has 0 atom stereocenters. The molecule has 208 valence electrons. The van der Waals surface area contributed by atoms with Crippen LogP contribution in [0.2, 0.25) is 10.0 Å². The number of halogens is 2. The smallest absolute Gasteiger partial charge is 0.323 e. The molecule has 0 bridgehead atoms. The van der Waals surface area contributed by atoms with E-state index >= 15 is 0 Å². The van der Waals surface area contributed by atoms with Gasteiger partial charge in [0.15, 0.2) is 11.5 Å². The van der Waals surface area contributed by atoms with Crippen molar-refractivity contribution in [3.05, 3.63) is 95.0 Å². The minimum absolute atomic E-state index is 0.0464. The van der Waals surface area contributed by atoms with E-state index in [4.69, 9.17) is 32.7 Å². The van der Waals surface area contributed by atoms with Gasteiger partial charge in [0, 0.05) is 0 Å². The molecule has 0 heterocycles. The Morgan fingerprint density at radius 1 is 0.600 bits per heavy atom. The van der Waals surface area contributed by atoms with Gasteiger partial charge in [0.05, 0.1) is 31.2 Å². The lowest BCUT2D eigenvalue weighted by Crippen LogP contribution is -2.20. The van der Waals surface area contributed by atoms with E-state index in [2.05, 4.69) is 10.6 Å². The summed E-state index contributed by atoms with van der Waals surface area (Å²) in [6, 6.07) is 18.1. The minimum atomic E-state index is -4.67. The number of para-hydroxylation sites is 2. The summed E-state index contributed by atoms with van der Waals surface area (Å²) >= 11 is 12.3.